The van der Waals surface area contributed by atoms with E-state index in [0.29, 0.717) is 16.5 Å². The van der Waals surface area contributed by atoms with Crippen LogP contribution in [0, 0.1) is 0 Å². The van der Waals surface area contributed by atoms with E-state index >= 15 is 0 Å². The van der Waals surface area contributed by atoms with Gasteiger partial charge in [-0.1, -0.05) is 36.1 Å². The van der Waals surface area contributed by atoms with E-state index in [2.05, 4.69) is 4.98 Å². The van der Waals surface area contributed by atoms with Crippen LogP contribution in [-0.4, -0.2) is 48.3 Å². The van der Waals surface area contributed by atoms with Crippen LogP contribution >= 0.6 is 35.3 Å². The van der Waals surface area contributed by atoms with Gasteiger partial charge in [-0.3, -0.25) is 14.5 Å². The number of amides is 1. The molecule has 0 spiro atoms. The van der Waals surface area contributed by atoms with Gasteiger partial charge in [-0.25, -0.2) is 9.78 Å². The van der Waals surface area contributed by atoms with E-state index in [1.54, 1.807) is 12.1 Å². The van der Waals surface area contributed by atoms with Crippen LogP contribution < -0.4 is 0 Å². The molecule has 1 aliphatic rings. The van der Waals surface area contributed by atoms with E-state index < -0.39 is 30.3 Å². The van der Waals surface area contributed by atoms with Gasteiger partial charge in [0.2, 0.25) is 0 Å². The molecule has 0 unspecified atom stereocenters. The molecular formula is C19H12N2O6S3. The van der Waals surface area contributed by atoms with Crippen molar-refractivity contribution in [2.24, 2.45) is 0 Å². The van der Waals surface area contributed by atoms with Gasteiger partial charge in [0.15, 0.2) is 10.8 Å². The predicted molar refractivity (Wildman–Crippen MR) is 116 cm³/mol. The highest BCUT2D eigenvalue weighted by Gasteiger charge is 2.41. The summed E-state index contributed by atoms with van der Waals surface area (Å²) in [6, 6.07) is 9.51. The number of thiocarbonyl (C=S) groups is 1. The van der Waals surface area contributed by atoms with Gasteiger partial charge in [0.25, 0.3) is 5.91 Å². The Morgan fingerprint density at radius 1 is 1.23 bits per heavy atom. The van der Waals surface area contributed by atoms with Crippen LogP contribution in [0.25, 0.3) is 27.1 Å². The number of carboxylic acid groups (broad SMARTS) is 2. The summed E-state index contributed by atoms with van der Waals surface area (Å²) in [6.45, 7) is 0. The van der Waals surface area contributed by atoms with Crippen molar-refractivity contribution in [3.63, 3.8) is 0 Å². The minimum atomic E-state index is -1.57. The average Bonchev–Trinajstić information content (AvgIpc) is 3.38. The molecule has 3 heterocycles. The lowest BCUT2D eigenvalue weighted by molar-refractivity contribution is -0.150. The summed E-state index contributed by atoms with van der Waals surface area (Å²) >= 11 is 7.48. The molecule has 0 radical (unpaired) electrons. The first-order chi connectivity index (χ1) is 14.3. The Labute approximate surface area is 182 Å². The molecular weight excluding hydrogens is 448 g/mol. The zero-order valence-electron chi connectivity index (χ0n) is 15.0. The van der Waals surface area contributed by atoms with Crippen molar-refractivity contribution >= 4 is 73.8 Å². The number of furan rings is 1. The van der Waals surface area contributed by atoms with Gasteiger partial charge < -0.3 is 14.6 Å². The highest BCUT2D eigenvalue weighted by molar-refractivity contribution is 8.26. The Morgan fingerprint density at radius 2 is 2.00 bits per heavy atom. The fourth-order valence-electron chi connectivity index (χ4n) is 2.86. The number of hydrogen-bond acceptors (Lipinski definition) is 8. The van der Waals surface area contributed by atoms with E-state index in [1.807, 2.05) is 24.3 Å². The lowest BCUT2D eigenvalue weighted by Crippen LogP contribution is -2.45. The van der Waals surface area contributed by atoms with Gasteiger partial charge in [-0.05, 0) is 24.3 Å². The number of carbonyl (C=O) groups excluding carboxylic acids is 1. The van der Waals surface area contributed by atoms with Crippen LogP contribution in [0.4, 0.5) is 0 Å². The number of benzene rings is 1. The van der Waals surface area contributed by atoms with Crippen LogP contribution in [0.5, 0.6) is 0 Å². The summed E-state index contributed by atoms with van der Waals surface area (Å²) in [4.78, 5) is 40.6. The number of thioether (sulfide) groups is 1. The zero-order chi connectivity index (χ0) is 21.4. The summed E-state index contributed by atoms with van der Waals surface area (Å²) in [5.41, 5.74) is 0.856. The molecule has 1 fully saturated rings. The smallest absolute Gasteiger partial charge is 0.327 e. The number of carbonyl (C=O) groups is 3. The average molecular weight is 461 g/mol. The summed E-state index contributed by atoms with van der Waals surface area (Å²) in [7, 11) is 0. The number of rotatable bonds is 6. The normalized spacial score (nSPS) is 16.5. The summed E-state index contributed by atoms with van der Waals surface area (Å²) in [5, 5.41) is 18.9. The molecule has 3 aromatic rings. The molecule has 0 bridgehead atoms. The van der Waals surface area contributed by atoms with Crippen molar-refractivity contribution < 1.29 is 29.0 Å². The zero-order valence-corrected chi connectivity index (χ0v) is 17.4. The van der Waals surface area contributed by atoms with Crippen molar-refractivity contribution in [3.05, 3.63) is 47.1 Å². The number of thiazole rings is 1. The van der Waals surface area contributed by atoms with Crippen molar-refractivity contribution in [3.8, 4) is 10.8 Å². The Balaban J connectivity index is 1.59. The van der Waals surface area contributed by atoms with Crippen LogP contribution in [0.2, 0.25) is 0 Å². The second kappa shape index (κ2) is 8.01. The van der Waals surface area contributed by atoms with Gasteiger partial charge >= 0.3 is 11.9 Å². The van der Waals surface area contributed by atoms with Crippen LogP contribution in [0.1, 0.15) is 12.2 Å². The first kappa shape index (κ1) is 20.3. The Morgan fingerprint density at radius 3 is 2.70 bits per heavy atom. The number of nitrogens with zero attached hydrogens (tertiary/aromatic N) is 2. The Kier molecular flexibility index (Phi) is 5.41. The van der Waals surface area contributed by atoms with Crippen LogP contribution in [-0.2, 0) is 14.4 Å². The second-order valence-corrected chi connectivity index (χ2v) is 8.90. The second-order valence-electron chi connectivity index (χ2n) is 6.19. The third-order valence-corrected chi connectivity index (χ3v) is 6.57. The monoisotopic (exact) mass is 460 g/mol. The first-order valence-electron chi connectivity index (χ1n) is 8.51. The lowest BCUT2D eigenvalue weighted by atomic mass is 10.2. The molecule has 2 N–H and O–H groups in total. The van der Waals surface area contributed by atoms with Gasteiger partial charge in [0, 0.05) is 6.08 Å². The number of aromatic nitrogens is 1. The molecule has 2 aromatic heterocycles. The summed E-state index contributed by atoms with van der Waals surface area (Å²) < 4.78 is 6.79. The van der Waals surface area contributed by atoms with Gasteiger partial charge in [0.1, 0.15) is 16.1 Å². The molecule has 0 saturated carbocycles. The minimum Gasteiger partial charge on any atom is -0.481 e. The molecule has 8 nitrogen and oxygen atoms in total. The van der Waals surface area contributed by atoms with Gasteiger partial charge in [0.05, 0.1) is 21.5 Å². The van der Waals surface area contributed by atoms with Crippen LogP contribution in [0.3, 0.4) is 0 Å². The topological polar surface area (TPSA) is 121 Å². The lowest BCUT2D eigenvalue weighted by Gasteiger charge is -2.21. The molecule has 11 heteroatoms. The number of hydrogen-bond donors (Lipinski definition) is 2. The molecule has 30 heavy (non-hydrogen) atoms. The number of fused-ring (bicyclic) bond motifs is 1. The standard InChI is InChI=1S/C19H12N2O6S3/c22-15(23)8-11(18(25)26)21-17(24)14(30-19(21)28)7-9-5-6-12(27-9)16-20-10-3-1-2-4-13(10)29-16/h1-7,11H,8H2,(H,22,23)(H,25,26)/b14-7+/t11-/m1/s1. The Bertz CT molecular complexity index is 1190. The van der Waals surface area contributed by atoms with E-state index in [-0.39, 0.29) is 9.23 Å². The number of carboxylic acids is 2. The number of aliphatic carboxylic acids is 2. The van der Waals surface area contributed by atoms with Crippen molar-refractivity contribution in [2.45, 2.75) is 12.5 Å². The molecule has 1 aliphatic heterocycles. The highest BCUT2D eigenvalue weighted by Crippen LogP contribution is 2.36. The fourth-order valence-corrected chi connectivity index (χ4v) is 5.12. The van der Waals surface area contributed by atoms with Crippen molar-refractivity contribution in [1.82, 2.24) is 9.88 Å². The maximum Gasteiger partial charge on any atom is 0.327 e. The largest absolute Gasteiger partial charge is 0.481 e. The van der Waals surface area contributed by atoms with Crippen LogP contribution in [0.15, 0.2) is 45.7 Å². The van der Waals surface area contributed by atoms with Gasteiger partial charge in [-0.15, -0.1) is 11.3 Å². The summed E-state index contributed by atoms with van der Waals surface area (Å²) in [5.74, 6) is -2.54. The van der Waals surface area contributed by atoms with E-state index in [4.69, 9.17) is 21.7 Å². The SMILES string of the molecule is O=C(O)C[C@H](C(=O)O)N1C(=O)/C(=C\c2ccc(-c3nc4ccccc4s3)o2)SC1=S. The van der Waals surface area contributed by atoms with E-state index in [1.165, 1.54) is 17.4 Å². The predicted octanol–water partition coefficient (Wildman–Crippen LogP) is 3.69. The van der Waals surface area contributed by atoms with E-state index in [0.717, 1.165) is 26.9 Å². The molecule has 4 rings (SSSR count). The maximum atomic E-state index is 12.7. The molecule has 152 valence electrons. The molecule has 1 atom stereocenters. The first-order valence-corrected chi connectivity index (χ1v) is 10.5. The number of para-hydroxylation sites is 1. The highest BCUT2D eigenvalue weighted by atomic mass is 32.2. The Hall–Kier alpha value is -3.02. The molecule has 1 saturated heterocycles. The third kappa shape index (κ3) is 3.86. The van der Waals surface area contributed by atoms with Crippen molar-refractivity contribution in [2.75, 3.05) is 0 Å². The molecule has 1 aromatic carbocycles. The quantitative estimate of drug-likeness (QED) is 0.419. The molecule has 1 amide bonds. The van der Waals surface area contributed by atoms with E-state index in [9.17, 15) is 19.5 Å². The summed E-state index contributed by atoms with van der Waals surface area (Å²) in [6.07, 6.45) is 0.702. The minimum absolute atomic E-state index is 0.0159. The third-order valence-electron chi connectivity index (χ3n) is 4.19. The molecule has 0 aliphatic carbocycles. The maximum absolute atomic E-state index is 12.7. The van der Waals surface area contributed by atoms with Crippen molar-refractivity contribution in [1.29, 1.82) is 0 Å². The van der Waals surface area contributed by atoms with Gasteiger partial charge in [-0.2, -0.15) is 0 Å². The fraction of sp³-hybridized carbons (Fsp3) is 0.105.